The molecule has 0 saturated heterocycles. The monoisotopic (exact) mass is 287 g/mol. The molecule has 0 fully saturated rings. The van der Waals surface area contributed by atoms with Gasteiger partial charge in [0.25, 0.3) is 0 Å². The molecule has 112 valence electrons. The Hall–Kier alpha value is -1.94. The molecular weight excluding hydrogens is 265 g/mol. The molecule has 4 heteroatoms. The third-order valence-electron chi connectivity index (χ3n) is 3.65. The summed E-state index contributed by atoms with van der Waals surface area (Å²) in [5.74, 6) is -0.182. The second kappa shape index (κ2) is 6.68. The number of hydrogen-bond acceptors (Lipinski definition) is 3. The summed E-state index contributed by atoms with van der Waals surface area (Å²) < 4.78 is 14.2. The Balaban J connectivity index is 2.31. The predicted octanol–water partition coefficient (Wildman–Crippen LogP) is 3.45. The van der Waals surface area contributed by atoms with Gasteiger partial charge in [-0.3, -0.25) is 4.98 Å². The van der Waals surface area contributed by atoms with Gasteiger partial charge in [-0.15, -0.1) is 0 Å². The van der Waals surface area contributed by atoms with E-state index in [1.165, 1.54) is 6.07 Å². The van der Waals surface area contributed by atoms with Crippen LogP contribution < -0.4 is 10.2 Å². The van der Waals surface area contributed by atoms with Gasteiger partial charge in [-0.25, -0.2) is 4.39 Å². The summed E-state index contributed by atoms with van der Waals surface area (Å²) in [6, 6.07) is 11.1. The van der Waals surface area contributed by atoms with Gasteiger partial charge in [0.05, 0.1) is 12.2 Å². The first-order valence-electron chi connectivity index (χ1n) is 7.12. The molecule has 1 atom stereocenters. The fourth-order valence-electron chi connectivity index (χ4n) is 2.45. The second-order valence-electron chi connectivity index (χ2n) is 5.31. The SMILES string of the molecule is CNC(C)c1c(F)cccc1N(C)Cc1cccc(C)n1. The fraction of sp³-hybridized carbons (Fsp3) is 0.353. The predicted molar refractivity (Wildman–Crippen MR) is 85.0 cm³/mol. The highest BCUT2D eigenvalue weighted by atomic mass is 19.1. The summed E-state index contributed by atoms with van der Waals surface area (Å²) in [5, 5.41) is 3.11. The van der Waals surface area contributed by atoms with Crippen molar-refractivity contribution < 1.29 is 4.39 Å². The lowest BCUT2D eigenvalue weighted by Gasteiger charge is -2.25. The molecule has 0 aliphatic carbocycles. The zero-order chi connectivity index (χ0) is 15.4. The van der Waals surface area contributed by atoms with Crippen LogP contribution in [0.4, 0.5) is 10.1 Å². The Morgan fingerprint density at radius 1 is 1.24 bits per heavy atom. The number of hydrogen-bond donors (Lipinski definition) is 1. The minimum absolute atomic E-state index is 0.0471. The number of aromatic nitrogens is 1. The van der Waals surface area contributed by atoms with E-state index in [-0.39, 0.29) is 11.9 Å². The Morgan fingerprint density at radius 3 is 2.62 bits per heavy atom. The summed E-state index contributed by atoms with van der Waals surface area (Å²) in [7, 11) is 3.80. The average molecular weight is 287 g/mol. The van der Waals surface area contributed by atoms with Crippen LogP contribution in [0.2, 0.25) is 0 Å². The lowest BCUT2D eigenvalue weighted by molar-refractivity contribution is 0.560. The van der Waals surface area contributed by atoms with Crippen LogP contribution in [-0.4, -0.2) is 19.1 Å². The van der Waals surface area contributed by atoms with Crippen LogP contribution in [0.25, 0.3) is 0 Å². The highest BCUT2D eigenvalue weighted by molar-refractivity contribution is 5.55. The maximum atomic E-state index is 14.2. The normalized spacial score (nSPS) is 12.2. The van der Waals surface area contributed by atoms with Crippen molar-refractivity contribution in [2.24, 2.45) is 0 Å². The largest absolute Gasteiger partial charge is 0.368 e. The van der Waals surface area contributed by atoms with Crippen molar-refractivity contribution in [3.05, 3.63) is 59.2 Å². The van der Waals surface area contributed by atoms with Gasteiger partial charge in [0.15, 0.2) is 0 Å². The van der Waals surface area contributed by atoms with E-state index in [9.17, 15) is 4.39 Å². The number of benzene rings is 1. The van der Waals surface area contributed by atoms with E-state index in [4.69, 9.17) is 0 Å². The highest BCUT2D eigenvalue weighted by Crippen LogP contribution is 2.28. The smallest absolute Gasteiger partial charge is 0.130 e. The number of rotatable bonds is 5. The average Bonchev–Trinajstić information content (AvgIpc) is 2.46. The molecule has 0 aliphatic rings. The van der Waals surface area contributed by atoms with E-state index >= 15 is 0 Å². The quantitative estimate of drug-likeness (QED) is 0.913. The van der Waals surface area contributed by atoms with Crippen LogP contribution in [0.15, 0.2) is 36.4 Å². The molecule has 0 aliphatic heterocycles. The highest BCUT2D eigenvalue weighted by Gasteiger charge is 2.17. The van der Waals surface area contributed by atoms with E-state index < -0.39 is 0 Å². The van der Waals surface area contributed by atoms with Crippen LogP contribution in [0.5, 0.6) is 0 Å². The lowest BCUT2D eigenvalue weighted by atomic mass is 10.0. The van der Waals surface area contributed by atoms with Gasteiger partial charge in [-0.2, -0.15) is 0 Å². The number of nitrogens with zero attached hydrogens (tertiary/aromatic N) is 2. The van der Waals surface area contributed by atoms with E-state index in [0.29, 0.717) is 12.1 Å². The van der Waals surface area contributed by atoms with Gasteiger partial charge < -0.3 is 10.2 Å². The molecule has 1 aromatic heterocycles. The first-order valence-corrected chi connectivity index (χ1v) is 7.12. The Morgan fingerprint density at radius 2 is 1.95 bits per heavy atom. The molecule has 21 heavy (non-hydrogen) atoms. The van der Waals surface area contributed by atoms with Crippen molar-refractivity contribution in [1.29, 1.82) is 0 Å². The summed E-state index contributed by atoms with van der Waals surface area (Å²) in [6.07, 6.45) is 0. The van der Waals surface area contributed by atoms with Gasteiger partial charge in [0.2, 0.25) is 0 Å². The summed E-state index contributed by atoms with van der Waals surface area (Å²) in [4.78, 5) is 6.54. The summed E-state index contributed by atoms with van der Waals surface area (Å²) >= 11 is 0. The van der Waals surface area contributed by atoms with Crippen molar-refractivity contribution in [2.45, 2.75) is 26.4 Å². The lowest BCUT2D eigenvalue weighted by Crippen LogP contribution is -2.23. The number of pyridine rings is 1. The summed E-state index contributed by atoms with van der Waals surface area (Å²) in [6.45, 7) is 4.58. The zero-order valence-electron chi connectivity index (χ0n) is 13.0. The molecule has 0 radical (unpaired) electrons. The fourth-order valence-corrected chi connectivity index (χ4v) is 2.45. The van der Waals surface area contributed by atoms with E-state index in [1.807, 2.05) is 57.1 Å². The van der Waals surface area contributed by atoms with Crippen molar-refractivity contribution in [2.75, 3.05) is 19.0 Å². The first-order chi connectivity index (χ1) is 10.0. The first kappa shape index (κ1) is 15.4. The van der Waals surface area contributed by atoms with Crippen molar-refractivity contribution in [1.82, 2.24) is 10.3 Å². The topological polar surface area (TPSA) is 28.2 Å². The maximum Gasteiger partial charge on any atom is 0.130 e. The van der Waals surface area contributed by atoms with Crippen molar-refractivity contribution in [3.8, 4) is 0 Å². The number of anilines is 1. The van der Waals surface area contributed by atoms with Crippen LogP contribution in [0, 0.1) is 12.7 Å². The van der Waals surface area contributed by atoms with Crippen LogP contribution in [-0.2, 0) is 6.54 Å². The molecule has 1 aromatic carbocycles. The van der Waals surface area contributed by atoms with Crippen LogP contribution >= 0.6 is 0 Å². The minimum Gasteiger partial charge on any atom is -0.368 e. The number of aryl methyl sites for hydroxylation is 1. The van der Waals surface area contributed by atoms with E-state index in [1.54, 1.807) is 6.07 Å². The van der Waals surface area contributed by atoms with E-state index in [2.05, 4.69) is 10.3 Å². The third-order valence-corrected chi connectivity index (χ3v) is 3.65. The van der Waals surface area contributed by atoms with Gasteiger partial charge in [0, 0.05) is 30.0 Å². The number of nitrogens with one attached hydrogen (secondary N) is 1. The third kappa shape index (κ3) is 3.58. The Labute approximate surface area is 125 Å². The zero-order valence-corrected chi connectivity index (χ0v) is 13.0. The van der Waals surface area contributed by atoms with Crippen molar-refractivity contribution in [3.63, 3.8) is 0 Å². The standard InChI is InChI=1S/C17H22FN3/c1-12-7-5-8-14(20-12)11-21(4)16-10-6-9-15(18)17(16)13(2)19-3/h5-10,13,19H,11H2,1-4H3. The van der Waals surface area contributed by atoms with Crippen LogP contribution in [0.1, 0.15) is 29.9 Å². The minimum atomic E-state index is -0.182. The van der Waals surface area contributed by atoms with Crippen molar-refractivity contribution >= 4 is 5.69 Å². The molecule has 0 amide bonds. The maximum absolute atomic E-state index is 14.2. The molecular formula is C17H22FN3. The van der Waals surface area contributed by atoms with E-state index in [0.717, 1.165) is 17.1 Å². The molecule has 0 bridgehead atoms. The molecule has 1 N–H and O–H groups in total. The molecule has 2 rings (SSSR count). The van der Waals surface area contributed by atoms with Gasteiger partial charge in [-0.05, 0) is 45.2 Å². The van der Waals surface area contributed by atoms with Crippen LogP contribution in [0.3, 0.4) is 0 Å². The number of halogens is 1. The molecule has 1 unspecified atom stereocenters. The molecule has 0 saturated carbocycles. The molecule has 1 heterocycles. The van der Waals surface area contributed by atoms with Gasteiger partial charge >= 0.3 is 0 Å². The van der Waals surface area contributed by atoms with Gasteiger partial charge in [-0.1, -0.05) is 12.1 Å². The molecule has 0 spiro atoms. The Bertz CT molecular complexity index is 613. The second-order valence-corrected chi connectivity index (χ2v) is 5.31. The van der Waals surface area contributed by atoms with Gasteiger partial charge in [0.1, 0.15) is 5.82 Å². The Kier molecular flexibility index (Phi) is 4.91. The summed E-state index contributed by atoms with van der Waals surface area (Å²) in [5.41, 5.74) is 3.55. The molecule has 2 aromatic rings. The molecule has 3 nitrogen and oxygen atoms in total.